The summed E-state index contributed by atoms with van der Waals surface area (Å²) in [5, 5.41) is 12.7. The molecule has 1 aromatic carbocycles. The Morgan fingerprint density at radius 2 is 2.07 bits per heavy atom. The van der Waals surface area contributed by atoms with Gasteiger partial charge >= 0.3 is 12.0 Å². The SMILES string of the molecule is Cc1ccc(-c2ccc(C)c(NC(=O)N3C[C@@H]4CCC[C@@]4(C(=O)O)C3)c2)o1. The number of urea groups is 1. The van der Waals surface area contributed by atoms with Gasteiger partial charge < -0.3 is 19.7 Å². The first-order valence-electron chi connectivity index (χ1n) is 9.36. The number of hydrogen-bond donors (Lipinski definition) is 2. The highest BCUT2D eigenvalue weighted by molar-refractivity contribution is 5.92. The van der Waals surface area contributed by atoms with Crippen LogP contribution in [0.4, 0.5) is 10.5 Å². The van der Waals surface area contributed by atoms with Gasteiger partial charge in [0, 0.05) is 24.3 Å². The average Bonchev–Trinajstić information content (AvgIpc) is 3.30. The predicted octanol–water partition coefficient (Wildman–Crippen LogP) is 4.28. The van der Waals surface area contributed by atoms with Gasteiger partial charge in [-0.1, -0.05) is 18.6 Å². The van der Waals surface area contributed by atoms with Crippen LogP contribution in [0.1, 0.15) is 30.6 Å². The molecular weight excluding hydrogens is 344 g/mol. The second kappa shape index (κ2) is 6.44. The van der Waals surface area contributed by atoms with E-state index in [4.69, 9.17) is 4.42 Å². The molecule has 0 unspecified atom stereocenters. The molecule has 1 aromatic heterocycles. The molecule has 6 nitrogen and oxygen atoms in total. The molecule has 2 aromatic rings. The van der Waals surface area contributed by atoms with Crippen LogP contribution in [0, 0.1) is 25.2 Å². The second-order valence-electron chi connectivity index (χ2n) is 7.80. The van der Waals surface area contributed by atoms with Crippen molar-refractivity contribution in [3.8, 4) is 11.3 Å². The van der Waals surface area contributed by atoms with E-state index in [1.807, 2.05) is 44.2 Å². The number of amides is 2. The quantitative estimate of drug-likeness (QED) is 0.847. The van der Waals surface area contributed by atoms with Crippen LogP contribution < -0.4 is 5.32 Å². The van der Waals surface area contributed by atoms with Crippen LogP contribution in [0.5, 0.6) is 0 Å². The maximum absolute atomic E-state index is 12.8. The number of fused-ring (bicyclic) bond motifs is 1. The van der Waals surface area contributed by atoms with E-state index in [2.05, 4.69) is 5.32 Å². The van der Waals surface area contributed by atoms with E-state index in [0.717, 1.165) is 35.5 Å². The Hall–Kier alpha value is -2.76. The third kappa shape index (κ3) is 2.99. The van der Waals surface area contributed by atoms with E-state index in [9.17, 15) is 14.7 Å². The Labute approximate surface area is 158 Å². The van der Waals surface area contributed by atoms with Crippen molar-refractivity contribution in [1.82, 2.24) is 4.90 Å². The Bertz CT molecular complexity index is 903. The number of hydrogen-bond acceptors (Lipinski definition) is 3. The zero-order chi connectivity index (χ0) is 19.2. The molecule has 2 atom stereocenters. The maximum atomic E-state index is 12.8. The van der Waals surface area contributed by atoms with Gasteiger partial charge in [0.2, 0.25) is 0 Å². The lowest BCUT2D eigenvalue weighted by Crippen LogP contribution is -2.38. The molecule has 2 aliphatic rings. The summed E-state index contributed by atoms with van der Waals surface area (Å²) in [6.07, 6.45) is 2.46. The number of furan rings is 1. The van der Waals surface area contributed by atoms with Crippen LogP contribution in [0.25, 0.3) is 11.3 Å². The molecule has 1 aliphatic carbocycles. The summed E-state index contributed by atoms with van der Waals surface area (Å²) < 4.78 is 5.67. The number of carboxylic acid groups (broad SMARTS) is 1. The van der Waals surface area contributed by atoms with Crippen LogP contribution in [0.3, 0.4) is 0 Å². The molecule has 142 valence electrons. The number of benzene rings is 1. The number of likely N-dealkylation sites (tertiary alicyclic amines) is 1. The standard InChI is InChI=1S/C21H24N2O4/c1-13-5-7-15(18-8-6-14(2)27-18)10-17(13)22-20(26)23-11-16-4-3-9-21(16,12-23)19(24)25/h5-8,10,16H,3-4,9,11-12H2,1-2H3,(H,22,26)(H,24,25)/t16-,21+/m0/s1. The smallest absolute Gasteiger partial charge is 0.321 e. The minimum absolute atomic E-state index is 0.0549. The highest BCUT2D eigenvalue weighted by atomic mass is 16.4. The van der Waals surface area contributed by atoms with Crippen molar-refractivity contribution in [3.05, 3.63) is 41.7 Å². The Morgan fingerprint density at radius 3 is 2.74 bits per heavy atom. The van der Waals surface area contributed by atoms with Crippen molar-refractivity contribution in [2.75, 3.05) is 18.4 Å². The number of nitrogens with one attached hydrogen (secondary N) is 1. The van der Waals surface area contributed by atoms with E-state index in [1.54, 1.807) is 4.90 Å². The van der Waals surface area contributed by atoms with Crippen molar-refractivity contribution in [1.29, 1.82) is 0 Å². The monoisotopic (exact) mass is 368 g/mol. The van der Waals surface area contributed by atoms with Gasteiger partial charge in [-0.2, -0.15) is 0 Å². The number of rotatable bonds is 3. The Morgan fingerprint density at radius 1 is 1.26 bits per heavy atom. The number of aryl methyl sites for hydroxylation is 2. The lowest BCUT2D eigenvalue weighted by molar-refractivity contribution is -0.149. The second-order valence-corrected chi connectivity index (χ2v) is 7.80. The molecule has 2 fully saturated rings. The number of aliphatic carboxylic acids is 1. The molecule has 2 amide bonds. The number of carbonyl (C=O) groups excluding carboxylic acids is 1. The van der Waals surface area contributed by atoms with Gasteiger partial charge in [0.05, 0.1) is 5.41 Å². The van der Waals surface area contributed by atoms with Crippen molar-refractivity contribution < 1.29 is 19.1 Å². The summed E-state index contributed by atoms with van der Waals surface area (Å²) in [7, 11) is 0. The van der Waals surface area contributed by atoms with Gasteiger partial charge in [-0.25, -0.2) is 4.79 Å². The number of carboxylic acids is 1. The summed E-state index contributed by atoms with van der Waals surface area (Å²) in [4.78, 5) is 26.3. The van der Waals surface area contributed by atoms with Gasteiger partial charge in [-0.05, 0) is 56.4 Å². The van der Waals surface area contributed by atoms with Crippen molar-refractivity contribution >= 4 is 17.7 Å². The molecule has 2 N–H and O–H groups in total. The topological polar surface area (TPSA) is 82.8 Å². The predicted molar refractivity (Wildman–Crippen MR) is 102 cm³/mol. The van der Waals surface area contributed by atoms with E-state index in [-0.39, 0.29) is 18.5 Å². The molecule has 1 saturated carbocycles. The van der Waals surface area contributed by atoms with Gasteiger partial charge in [-0.15, -0.1) is 0 Å². The molecule has 27 heavy (non-hydrogen) atoms. The van der Waals surface area contributed by atoms with Crippen LogP contribution in [0.15, 0.2) is 34.7 Å². The summed E-state index contributed by atoms with van der Waals surface area (Å²) in [5.41, 5.74) is 1.79. The van der Waals surface area contributed by atoms with Gasteiger partial charge in [0.25, 0.3) is 0 Å². The Balaban J connectivity index is 1.53. The fourth-order valence-electron chi connectivity index (χ4n) is 4.49. The van der Waals surface area contributed by atoms with Crippen LogP contribution in [0.2, 0.25) is 0 Å². The van der Waals surface area contributed by atoms with E-state index in [0.29, 0.717) is 18.7 Å². The third-order valence-corrected chi connectivity index (χ3v) is 6.09. The normalized spacial score (nSPS) is 24.1. The zero-order valence-corrected chi connectivity index (χ0v) is 15.6. The molecule has 0 bridgehead atoms. The zero-order valence-electron chi connectivity index (χ0n) is 15.6. The van der Waals surface area contributed by atoms with Crippen LogP contribution >= 0.6 is 0 Å². The van der Waals surface area contributed by atoms with Crippen LogP contribution in [-0.2, 0) is 4.79 Å². The largest absolute Gasteiger partial charge is 0.481 e. The fourth-order valence-corrected chi connectivity index (χ4v) is 4.49. The maximum Gasteiger partial charge on any atom is 0.321 e. The minimum Gasteiger partial charge on any atom is -0.481 e. The number of anilines is 1. The summed E-state index contributed by atoms with van der Waals surface area (Å²) in [6, 6.07) is 9.38. The molecule has 0 radical (unpaired) electrons. The first-order chi connectivity index (χ1) is 12.9. The minimum atomic E-state index is -0.772. The van der Waals surface area contributed by atoms with E-state index >= 15 is 0 Å². The highest BCUT2D eigenvalue weighted by Gasteiger charge is 2.55. The number of carbonyl (C=O) groups is 2. The molecule has 1 aliphatic heterocycles. The fraction of sp³-hybridized carbons (Fsp3) is 0.429. The van der Waals surface area contributed by atoms with Gasteiger partial charge in [-0.3, -0.25) is 4.79 Å². The summed E-state index contributed by atoms with van der Waals surface area (Å²) in [5.74, 6) is 0.869. The molecule has 4 rings (SSSR count). The molecule has 0 spiro atoms. The average molecular weight is 368 g/mol. The highest BCUT2D eigenvalue weighted by Crippen LogP contribution is 2.49. The van der Waals surface area contributed by atoms with Gasteiger partial charge in [0.1, 0.15) is 11.5 Å². The first-order valence-corrected chi connectivity index (χ1v) is 9.36. The van der Waals surface area contributed by atoms with Crippen LogP contribution in [-0.4, -0.2) is 35.1 Å². The lowest BCUT2D eigenvalue weighted by Gasteiger charge is -2.23. The lowest BCUT2D eigenvalue weighted by atomic mass is 9.81. The van der Waals surface area contributed by atoms with Crippen molar-refractivity contribution in [3.63, 3.8) is 0 Å². The van der Waals surface area contributed by atoms with E-state index < -0.39 is 11.4 Å². The summed E-state index contributed by atoms with van der Waals surface area (Å²) >= 11 is 0. The molecule has 6 heteroatoms. The molecule has 1 saturated heterocycles. The summed E-state index contributed by atoms with van der Waals surface area (Å²) in [6.45, 7) is 4.62. The Kier molecular flexibility index (Phi) is 4.21. The van der Waals surface area contributed by atoms with Crippen molar-refractivity contribution in [2.45, 2.75) is 33.1 Å². The molecule has 2 heterocycles. The van der Waals surface area contributed by atoms with E-state index in [1.165, 1.54) is 0 Å². The molecular formula is C21H24N2O4. The number of nitrogens with zero attached hydrogens (tertiary/aromatic N) is 1. The third-order valence-electron chi connectivity index (χ3n) is 6.09. The van der Waals surface area contributed by atoms with Gasteiger partial charge in [0.15, 0.2) is 0 Å². The first kappa shape index (κ1) is 17.6. The van der Waals surface area contributed by atoms with Crippen molar-refractivity contribution in [2.24, 2.45) is 11.3 Å².